The molecule has 1 aromatic carbocycles. The van der Waals surface area contributed by atoms with Crippen molar-refractivity contribution >= 4 is 21.6 Å². The van der Waals surface area contributed by atoms with E-state index in [2.05, 4.69) is 26.2 Å². The van der Waals surface area contributed by atoms with Gasteiger partial charge in [0.1, 0.15) is 0 Å². The van der Waals surface area contributed by atoms with Crippen molar-refractivity contribution in [1.82, 2.24) is 4.98 Å². The Morgan fingerprint density at radius 2 is 2.05 bits per heavy atom. The SMILES string of the molecule is CCOc1ccc(NCc2cncc(Br)c2)cc1OC. The first kappa shape index (κ1) is 14.7. The molecule has 0 bridgehead atoms. The molecule has 1 aromatic heterocycles. The van der Waals surface area contributed by atoms with Gasteiger partial charge in [-0.2, -0.15) is 0 Å². The van der Waals surface area contributed by atoms with E-state index in [0.29, 0.717) is 13.2 Å². The Kier molecular flexibility index (Phi) is 5.24. The highest BCUT2D eigenvalue weighted by molar-refractivity contribution is 9.10. The Bertz CT molecular complexity index is 576. The fraction of sp³-hybridized carbons (Fsp3) is 0.267. The van der Waals surface area contributed by atoms with Crippen LogP contribution in [0.15, 0.2) is 41.1 Å². The normalized spacial score (nSPS) is 10.2. The van der Waals surface area contributed by atoms with Gasteiger partial charge in [-0.25, -0.2) is 0 Å². The molecule has 0 aliphatic carbocycles. The van der Waals surface area contributed by atoms with E-state index in [1.165, 1.54) is 0 Å². The Labute approximate surface area is 127 Å². The van der Waals surface area contributed by atoms with Gasteiger partial charge >= 0.3 is 0 Å². The molecule has 1 heterocycles. The molecule has 0 spiro atoms. The van der Waals surface area contributed by atoms with Crippen molar-refractivity contribution in [3.63, 3.8) is 0 Å². The smallest absolute Gasteiger partial charge is 0.162 e. The summed E-state index contributed by atoms with van der Waals surface area (Å²) in [6.45, 7) is 3.27. The number of nitrogens with one attached hydrogen (secondary N) is 1. The summed E-state index contributed by atoms with van der Waals surface area (Å²) in [7, 11) is 1.64. The minimum absolute atomic E-state index is 0.618. The molecule has 0 unspecified atom stereocenters. The first-order valence-corrected chi connectivity index (χ1v) is 7.16. The maximum absolute atomic E-state index is 5.49. The number of pyridine rings is 1. The van der Waals surface area contributed by atoms with E-state index in [1.807, 2.05) is 37.4 Å². The Balaban J connectivity index is 2.06. The van der Waals surface area contributed by atoms with Crippen molar-refractivity contribution in [2.75, 3.05) is 19.0 Å². The van der Waals surface area contributed by atoms with Crippen LogP contribution < -0.4 is 14.8 Å². The van der Waals surface area contributed by atoms with E-state index in [1.54, 1.807) is 13.3 Å². The monoisotopic (exact) mass is 336 g/mol. The lowest BCUT2D eigenvalue weighted by molar-refractivity contribution is 0.311. The predicted molar refractivity (Wildman–Crippen MR) is 83.4 cm³/mol. The van der Waals surface area contributed by atoms with Crippen LogP contribution in [0.3, 0.4) is 0 Å². The summed E-state index contributed by atoms with van der Waals surface area (Å²) in [5, 5.41) is 3.34. The van der Waals surface area contributed by atoms with E-state index < -0.39 is 0 Å². The van der Waals surface area contributed by atoms with E-state index >= 15 is 0 Å². The van der Waals surface area contributed by atoms with E-state index in [-0.39, 0.29) is 0 Å². The summed E-state index contributed by atoms with van der Waals surface area (Å²) in [5.74, 6) is 1.48. The molecule has 5 heteroatoms. The number of ether oxygens (including phenoxy) is 2. The maximum atomic E-state index is 5.49. The number of halogens is 1. The first-order chi connectivity index (χ1) is 9.72. The molecule has 2 aromatic rings. The molecule has 1 N–H and O–H groups in total. The molecule has 0 saturated heterocycles. The Morgan fingerprint density at radius 3 is 2.75 bits per heavy atom. The lowest BCUT2D eigenvalue weighted by Gasteiger charge is -2.12. The van der Waals surface area contributed by atoms with Gasteiger partial charge in [-0.05, 0) is 46.6 Å². The summed E-state index contributed by atoms with van der Waals surface area (Å²) < 4.78 is 11.8. The molecule has 0 fully saturated rings. The van der Waals surface area contributed by atoms with Crippen molar-refractivity contribution < 1.29 is 9.47 Å². The van der Waals surface area contributed by atoms with Gasteiger partial charge in [-0.1, -0.05) is 0 Å². The molecule has 0 atom stereocenters. The molecule has 2 rings (SSSR count). The summed E-state index contributed by atoms with van der Waals surface area (Å²) in [5.41, 5.74) is 2.08. The van der Waals surface area contributed by atoms with Crippen molar-refractivity contribution in [3.05, 3.63) is 46.7 Å². The van der Waals surface area contributed by atoms with Crippen LogP contribution in [0.5, 0.6) is 11.5 Å². The number of hydrogen-bond acceptors (Lipinski definition) is 4. The molecule has 0 amide bonds. The van der Waals surface area contributed by atoms with Crippen molar-refractivity contribution in [2.45, 2.75) is 13.5 Å². The maximum Gasteiger partial charge on any atom is 0.162 e. The largest absolute Gasteiger partial charge is 0.493 e. The first-order valence-electron chi connectivity index (χ1n) is 6.37. The number of methoxy groups -OCH3 is 1. The highest BCUT2D eigenvalue weighted by atomic mass is 79.9. The number of anilines is 1. The fourth-order valence-electron chi connectivity index (χ4n) is 1.81. The van der Waals surface area contributed by atoms with Gasteiger partial charge in [0.2, 0.25) is 0 Å². The second-order valence-electron chi connectivity index (χ2n) is 4.16. The Hall–Kier alpha value is -1.75. The van der Waals surface area contributed by atoms with Crippen molar-refractivity contribution in [3.8, 4) is 11.5 Å². The van der Waals surface area contributed by atoms with Crippen molar-refractivity contribution in [2.24, 2.45) is 0 Å². The number of hydrogen-bond donors (Lipinski definition) is 1. The van der Waals surface area contributed by atoms with Gasteiger partial charge in [0, 0.05) is 35.2 Å². The zero-order valence-electron chi connectivity index (χ0n) is 11.5. The third-order valence-corrected chi connectivity index (χ3v) is 3.16. The molecule has 0 radical (unpaired) electrons. The van der Waals surface area contributed by atoms with Gasteiger partial charge < -0.3 is 14.8 Å². The molecule has 0 saturated carbocycles. The van der Waals surface area contributed by atoms with Crippen LogP contribution in [-0.2, 0) is 6.54 Å². The quantitative estimate of drug-likeness (QED) is 0.869. The van der Waals surface area contributed by atoms with Crippen LogP contribution in [0.4, 0.5) is 5.69 Å². The predicted octanol–water partition coefficient (Wildman–Crippen LogP) is 3.86. The molecule has 106 valence electrons. The highest BCUT2D eigenvalue weighted by Gasteiger charge is 2.05. The summed E-state index contributed by atoms with van der Waals surface area (Å²) in [4.78, 5) is 4.14. The number of nitrogens with zero attached hydrogens (tertiary/aromatic N) is 1. The van der Waals surface area contributed by atoms with Crippen LogP contribution in [-0.4, -0.2) is 18.7 Å². The molecular weight excluding hydrogens is 320 g/mol. The van der Waals surface area contributed by atoms with Crippen LogP contribution in [0, 0.1) is 0 Å². The van der Waals surface area contributed by atoms with Gasteiger partial charge in [0.25, 0.3) is 0 Å². The van der Waals surface area contributed by atoms with E-state index in [4.69, 9.17) is 9.47 Å². The average Bonchev–Trinajstić information content (AvgIpc) is 2.46. The van der Waals surface area contributed by atoms with Gasteiger partial charge in [-0.15, -0.1) is 0 Å². The number of aromatic nitrogens is 1. The van der Waals surface area contributed by atoms with Crippen LogP contribution in [0.2, 0.25) is 0 Å². The van der Waals surface area contributed by atoms with E-state index in [0.717, 1.165) is 27.2 Å². The fourth-order valence-corrected chi connectivity index (χ4v) is 2.22. The minimum atomic E-state index is 0.618. The topological polar surface area (TPSA) is 43.4 Å². The summed E-state index contributed by atoms with van der Waals surface area (Å²) >= 11 is 3.41. The van der Waals surface area contributed by atoms with Gasteiger partial charge in [0.05, 0.1) is 13.7 Å². The molecule has 20 heavy (non-hydrogen) atoms. The van der Waals surface area contributed by atoms with Crippen molar-refractivity contribution in [1.29, 1.82) is 0 Å². The second kappa shape index (κ2) is 7.14. The van der Waals surface area contributed by atoms with Crippen LogP contribution >= 0.6 is 15.9 Å². The van der Waals surface area contributed by atoms with Gasteiger partial charge in [0.15, 0.2) is 11.5 Å². The van der Waals surface area contributed by atoms with E-state index in [9.17, 15) is 0 Å². The summed E-state index contributed by atoms with van der Waals surface area (Å²) in [6, 6.07) is 7.84. The lowest BCUT2D eigenvalue weighted by Crippen LogP contribution is -2.01. The standard InChI is InChI=1S/C15H17BrN2O2/c1-3-20-14-5-4-13(7-15(14)19-2)18-9-11-6-12(16)10-17-8-11/h4-8,10,18H,3,9H2,1-2H3. The second-order valence-corrected chi connectivity index (χ2v) is 5.08. The molecule has 0 aliphatic rings. The van der Waals surface area contributed by atoms with Crippen LogP contribution in [0.1, 0.15) is 12.5 Å². The molecular formula is C15H17BrN2O2. The average molecular weight is 337 g/mol. The molecule has 0 aliphatic heterocycles. The molecule has 4 nitrogen and oxygen atoms in total. The Morgan fingerprint density at radius 1 is 1.20 bits per heavy atom. The third-order valence-electron chi connectivity index (χ3n) is 2.72. The van der Waals surface area contributed by atoms with Gasteiger partial charge in [-0.3, -0.25) is 4.98 Å². The highest BCUT2D eigenvalue weighted by Crippen LogP contribution is 2.30. The number of rotatable bonds is 6. The zero-order chi connectivity index (χ0) is 14.4. The zero-order valence-corrected chi connectivity index (χ0v) is 13.1. The summed E-state index contributed by atoms with van der Waals surface area (Å²) in [6.07, 6.45) is 3.60. The lowest BCUT2D eigenvalue weighted by atomic mass is 10.2. The minimum Gasteiger partial charge on any atom is -0.493 e. The van der Waals surface area contributed by atoms with Crippen LogP contribution in [0.25, 0.3) is 0 Å². The number of benzene rings is 1. The third kappa shape index (κ3) is 3.87.